The van der Waals surface area contributed by atoms with Gasteiger partial charge in [0.25, 0.3) is 5.91 Å². The lowest BCUT2D eigenvalue weighted by molar-refractivity contribution is -0.114. The average molecular weight is 363 g/mol. The SMILES string of the molecule is Cc1ccc(NC(=O)CNc2cccc(NC(=O)c3ccco3)c2)c(C)c1. The van der Waals surface area contributed by atoms with Crippen LogP contribution in [0.2, 0.25) is 0 Å². The first kappa shape index (κ1) is 18.3. The summed E-state index contributed by atoms with van der Waals surface area (Å²) in [5.41, 5.74) is 4.30. The zero-order valence-electron chi connectivity index (χ0n) is 15.2. The predicted octanol–water partition coefficient (Wildman–Crippen LogP) is 4.20. The summed E-state index contributed by atoms with van der Waals surface area (Å²) in [6, 6.07) is 16.3. The van der Waals surface area contributed by atoms with E-state index in [0.29, 0.717) is 5.69 Å². The highest BCUT2D eigenvalue weighted by Gasteiger charge is 2.09. The molecule has 0 saturated heterocycles. The molecule has 6 nitrogen and oxygen atoms in total. The van der Waals surface area contributed by atoms with Gasteiger partial charge in [0.05, 0.1) is 12.8 Å². The zero-order valence-corrected chi connectivity index (χ0v) is 15.2. The number of anilines is 3. The van der Waals surface area contributed by atoms with Gasteiger partial charge in [0.2, 0.25) is 5.91 Å². The molecule has 3 aromatic rings. The number of carbonyl (C=O) groups excluding carboxylic acids is 2. The first-order chi connectivity index (χ1) is 13.0. The minimum absolute atomic E-state index is 0.114. The quantitative estimate of drug-likeness (QED) is 0.613. The summed E-state index contributed by atoms with van der Waals surface area (Å²) >= 11 is 0. The predicted molar refractivity (Wildman–Crippen MR) is 106 cm³/mol. The molecule has 1 aromatic heterocycles. The largest absolute Gasteiger partial charge is 0.459 e. The van der Waals surface area contributed by atoms with Gasteiger partial charge in [-0.1, -0.05) is 23.8 Å². The van der Waals surface area contributed by atoms with Gasteiger partial charge in [-0.2, -0.15) is 0 Å². The maximum Gasteiger partial charge on any atom is 0.291 e. The number of rotatable bonds is 6. The maximum atomic E-state index is 12.2. The Morgan fingerprint density at radius 3 is 2.48 bits per heavy atom. The van der Waals surface area contributed by atoms with Gasteiger partial charge in [-0.15, -0.1) is 0 Å². The lowest BCUT2D eigenvalue weighted by atomic mass is 10.1. The van der Waals surface area contributed by atoms with Gasteiger partial charge in [-0.25, -0.2) is 0 Å². The lowest BCUT2D eigenvalue weighted by Gasteiger charge is -2.11. The van der Waals surface area contributed by atoms with Gasteiger partial charge in [-0.05, 0) is 55.8 Å². The van der Waals surface area contributed by atoms with Gasteiger partial charge >= 0.3 is 0 Å². The van der Waals surface area contributed by atoms with Crippen molar-refractivity contribution in [3.05, 3.63) is 77.7 Å². The van der Waals surface area contributed by atoms with Crippen LogP contribution in [-0.2, 0) is 4.79 Å². The number of benzene rings is 2. The Morgan fingerprint density at radius 2 is 1.74 bits per heavy atom. The molecule has 0 aliphatic carbocycles. The van der Waals surface area contributed by atoms with Crippen molar-refractivity contribution in [2.45, 2.75) is 13.8 Å². The number of furan rings is 1. The van der Waals surface area contributed by atoms with E-state index < -0.39 is 0 Å². The van der Waals surface area contributed by atoms with E-state index in [9.17, 15) is 9.59 Å². The molecule has 2 amide bonds. The number of carbonyl (C=O) groups is 2. The number of amides is 2. The molecule has 138 valence electrons. The molecule has 0 atom stereocenters. The third kappa shape index (κ3) is 4.98. The molecule has 0 aliphatic rings. The monoisotopic (exact) mass is 363 g/mol. The Balaban J connectivity index is 1.56. The number of hydrogen-bond acceptors (Lipinski definition) is 4. The fraction of sp³-hybridized carbons (Fsp3) is 0.143. The second-order valence-corrected chi connectivity index (χ2v) is 6.23. The van der Waals surface area contributed by atoms with Crippen molar-refractivity contribution in [3.8, 4) is 0 Å². The standard InChI is InChI=1S/C21H21N3O3/c1-14-8-9-18(15(2)11-14)24-20(25)13-22-16-5-3-6-17(12-16)23-21(26)19-7-4-10-27-19/h3-12,22H,13H2,1-2H3,(H,23,26)(H,24,25). The Hall–Kier alpha value is -3.54. The summed E-state index contributed by atoms with van der Waals surface area (Å²) < 4.78 is 5.07. The van der Waals surface area contributed by atoms with Crippen LogP contribution >= 0.6 is 0 Å². The molecule has 0 saturated carbocycles. The summed E-state index contributed by atoms with van der Waals surface area (Å²) in [5.74, 6) is -0.238. The molecule has 0 bridgehead atoms. The van der Waals surface area contributed by atoms with E-state index in [1.165, 1.54) is 6.26 Å². The summed E-state index contributed by atoms with van der Waals surface area (Å²) in [7, 11) is 0. The van der Waals surface area contributed by atoms with E-state index in [-0.39, 0.29) is 24.1 Å². The number of hydrogen-bond donors (Lipinski definition) is 3. The highest BCUT2D eigenvalue weighted by atomic mass is 16.3. The number of aryl methyl sites for hydroxylation is 2. The van der Waals surface area contributed by atoms with Gasteiger partial charge in [-0.3, -0.25) is 9.59 Å². The maximum absolute atomic E-state index is 12.2. The molecule has 2 aromatic carbocycles. The summed E-state index contributed by atoms with van der Waals surface area (Å²) in [6.07, 6.45) is 1.45. The van der Waals surface area contributed by atoms with Crippen LogP contribution in [0.3, 0.4) is 0 Å². The Morgan fingerprint density at radius 1 is 0.926 bits per heavy atom. The second kappa shape index (κ2) is 8.23. The van der Waals surface area contributed by atoms with Gasteiger partial charge < -0.3 is 20.4 Å². The zero-order chi connectivity index (χ0) is 19.2. The minimum atomic E-state index is -0.329. The molecule has 3 rings (SSSR count). The van der Waals surface area contributed by atoms with Crippen molar-refractivity contribution in [3.63, 3.8) is 0 Å². The molecule has 0 spiro atoms. The highest BCUT2D eigenvalue weighted by molar-refractivity contribution is 6.02. The Labute approximate surface area is 157 Å². The third-order valence-corrected chi connectivity index (χ3v) is 3.97. The van der Waals surface area contributed by atoms with E-state index in [0.717, 1.165) is 22.5 Å². The molecule has 0 unspecified atom stereocenters. The molecule has 0 aliphatic heterocycles. The average Bonchev–Trinajstić information content (AvgIpc) is 3.18. The summed E-state index contributed by atoms with van der Waals surface area (Å²) in [5, 5.41) is 8.70. The molecule has 3 N–H and O–H groups in total. The lowest BCUT2D eigenvalue weighted by Crippen LogP contribution is -2.22. The molecular weight excluding hydrogens is 342 g/mol. The topological polar surface area (TPSA) is 83.4 Å². The van der Waals surface area contributed by atoms with Crippen LogP contribution in [0.15, 0.2) is 65.3 Å². The van der Waals surface area contributed by atoms with Gasteiger partial charge in [0, 0.05) is 17.1 Å². The summed E-state index contributed by atoms with van der Waals surface area (Å²) in [4.78, 5) is 24.2. The molecule has 27 heavy (non-hydrogen) atoms. The van der Waals surface area contributed by atoms with Crippen LogP contribution in [0.1, 0.15) is 21.7 Å². The molecular formula is C21H21N3O3. The first-order valence-corrected chi connectivity index (χ1v) is 8.57. The normalized spacial score (nSPS) is 10.3. The van der Waals surface area contributed by atoms with Crippen molar-refractivity contribution in [2.75, 3.05) is 22.5 Å². The summed E-state index contributed by atoms with van der Waals surface area (Å²) in [6.45, 7) is 4.09. The Bertz CT molecular complexity index is 949. The van der Waals surface area contributed by atoms with E-state index in [1.807, 2.05) is 38.1 Å². The van der Waals surface area contributed by atoms with Crippen LogP contribution in [0.25, 0.3) is 0 Å². The Kier molecular flexibility index (Phi) is 5.56. The highest BCUT2D eigenvalue weighted by Crippen LogP contribution is 2.18. The minimum Gasteiger partial charge on any atom is -0.459 e. The van der Waals surface area contributed by atoms with Crippen LogP contribution < -0.4 is 16.0 Å². The fourth-order valence-corrected chi connectivity index (χ4v) is 2.64. The molecule has 0 fully saturated rings. The fourth-order valence-electron chi connectivity index (χ4n) is 2.64. The van der Waals surface area contributed by atoms with E-state index >= 15 is 0 Å². The molecule has 1 heterocycles. The van der Waals surface area contributed by atoms with E-state index in [4.69, 9.17) is 4.42 Å². The van der Waals surface area contributed by atoms with Crippen molar-refractivity contribution >= 4 is 28.9 Å². The van der Waals surface area contributed by atoms with Crippen molar-refractivity contribution in [1.82, 2.24) is 0 Å². The number of nitrogens with one attached hydrogen (secondary N) is 3. The van der Waals surface area contributed by atoms with Crippen LogP contribution in [0, 0.1) is 13.8 Å². The smallest absolute Gasteiger partial charge is 0.291 e. The first-order valence-electron chi connectivity index (χ1n) is 8.57. The van der Waals surface area contributed by atoms with Gasteiger partial charge in [0.15, 0.2) is 5.76 Å². The third-order valence-electron chi connectivity index (χ3n) is 3.97. The van der Waals surface area contributed by atoms with E-state index in [2.05, 4.69) is 16.0 Å². The molecule has 6 heteroatoms. The van der Waals surface area contributed by atoms with Crippen molar-refractivity contribution in [2.24, 2.45) is 0 Å². The molecule has 0 radical (unpaired) electrons. The van der Waals surface area contributed by atoms with Gasteiger partial charge in [0.1, 0.15) is 0 Å². The van der Waals surface area contributed by atoms with Crippen molar-refractivity contribution < 1.29 is 14.0 Å². The van der Waals surface area contributed by atoms with Crippen LogP contribution in [0.5, 0.6) is 0 Å². The van der Waals surface area contributed by atoms with Crippen LogP contribution in [-0.4, -0.2) is 18.4 Å². The van der Waals surface area contributed by atoms with Crippen molar-refractivity contribution in [1.29, 1.82) is 0 Å². The second-order valence-electron chi connectivity index (χ2n) is 6.23. The van der Waals surface area contributed by atoms with E-state index in [1.54, 1.807) is 30.3 Å². The van der Waals surface area contributed by atoms with Crippen LogP contribution in [0.4, 0.5) is 17.1 Å².